The van der Waals surface area contributed by atoms with E-state index in [2.05, 4.69) is 59.0 Å². The molecule has 3 N–H and O–H groups in total. The summed E-state index contributed by atoms with van der Waals surface area (Å²) in [4.78, 5) is 3.38. The molecule has 114 valence electrons. The third kappa shape index (κ3) is 1.76. The number of phenols is 1. The van der Waals surface area contributed by atoms with Crippen LogP contribution in [-0.4, -0.2) is 10.1 Å². The molecule has 2 aromatic carbocycles. The van der Waals surface area contributed by atoms with E-state index in [1.807, 2.05) is 6.07 Å². The molecular weight excluding hydrogens is 284 g/mol. The minimum atomic E-state index is 0.201. The largest absolute Gasteiger partial charge is 0.506 e. The monoisotopic (exact) mass is 302 g/mol. The van der Waals surface area contributed by atoms with Gasteiger partial charge in [0.2, 0.25) is 0 Å². The summed E-state index contributed by atoms with van der Waals surface area (Å²) in [5.41, 5.74) is 4.54. The van der Waals surface area contributed by atoms with Gasteiger partial charge in [-0.3, -0.25) is 0 Å². The van der Waals surface area contributed by atoms with Crippen LogP contribution in [0.3, 0.4) is 0 Å². The number of para-hydroxylation sites is 2. The molecule has 2 aliphatic rings. The molecule has 3 nitrogen and oxygen atoms in total. The lowest BCUT2D eigenvalue weighted by molar-refractivity contribution is 0.416. The van der Waals surface area contributed by atoms with Crippen LogP contribution in [0.5, 0.6) is 5.75 Å². The molecule has 3 unspecified atom stereocenters. The fourth-order valence-electron chi connectivity index (χ4n) is 4.26. The van der Waals surface area contributed by atoms with Crippen molar-refractivity contribution >= 4 is 16.6 Å². The van der Waals surface area contributed by atoms with Gasteiger partial charge in [-0.15, -0.1) is 0 Å². The Morgan fingerprint density at radius 2 is 1.91 bits per heavy atom. The molecule has 0 amide bonds. The number of aromatic hydroxyl groups is 1. The third-order valence-electron chi connectivity index (χ3n) is 5.33. The number of aromatic amines is 1. The third-order valence-corrected chi connectivity index (χ3v) is 5.33. The number of hydrogen-bond donors (Lipinski definition) is 3. The van der Waals surface area contributed by atoms with Gasteiger partial charge in [0.05, 0.1) is 11.7 Å². The smallest absolute Gasteiger partial charge is 0.138 e. The Morgan fingerprint density at radius 1 is 1.00 bits per heavy atom. The van der Waals surface area contributed by atoms with Gasteiger partial charge in [-0.25, -0.2) is 0 Å². The average molecular weight is 302 g/mol. The van der Waals surface area contributed by atoms with Crippen LogP contribution in [0.15, 0.2) is 60.8 Å². The second kappa shape index (κ2) is 4.66. The van der Waals surface area contributed by atoms with Crippen molar-refractivity contribution in [1.29, 1.82) is 0 Å². The number of aromatic nitrogens is 1. The maximum atomic E-state index is 10.3. The summed E-state index contributed by atoms with van der Waals surface area (Å²) < 4.78 is 0. The highest BCUT2D eigenvalue weighted by molar-refractivity contribution is 5.84. The van der Waals surface area contributed by atoms with Gasteiger partial charge in [-0.1, -0.05) is 42.5 Å². The van der Waals surface area contributed by atoms with Crippen molar-refractivity contribution in [2.75, 3.05) is 5.32 Å². The summed E-state index contributed by atoms with van der Waals surface area (Å²) in [6.45, 7) is 0. The van der Waals surface area contributed by atoms with Crippen molar-refractivity contribution in [3.63, 3.8) is 0 Å². The zero-order valence-corrected chi connectivity index (χ0v) is 12.7. The predicted molar refractivity (Wildman–Crippen MR) is 92.8 cm³/mol. The van der Waals surface area contributed by atoms with Gasteiger partial charge < -0.3 is 15.4 Å². The van der Waals surface area contributed by atoms with E-state index in [1.165, 1.54) is 16.5 Å². The first-order valence-electron chi connectivity index (χ1n) is 8.14. The first kappa shape index (κ1) is 12.8. The molecule has 1 aliphatic carbocycles. The quantitative estimate of drug-likeness (QED) is 0.451. The van der Waals surface area contributed by atoms with Gasteiger partial charge >= 0.3 is 0 Å². The van der Waals surface area contributed by atoms with E-state index in [4.69, 9.17) is 0 Å². The van der Waals surface area contributed by atoms with Crippen molar-refractivity contribution in [1.82, 2.24) is 4.98 Å². The number of nitrogens with one attached hydrogen (secondary N) is 2. The van der Waals surface area contributed by atoms with Crippen molar-refractivity contribution < 1.29 is 5.11 Å². The second-order valence-electron chi connectivity index (χ2n) is 6.51. The fourth-order valence-corrected chi connectivity index (χ4v) is 4.26. The highest BCUT2D eigenvalue weighted by Gasteiger charge is 2.39. The van der Waals surface area contributed by atoms with Crippen LogP contribution in [0, 0.1) is 5.92 Å². The van der Waals surface area contributed by atoms with Gasteiger partial charge in [0.1, 0.15) is 5.75 Å². The molecular formula is C20H18N2O. The Hall–Kier alpha value is -2.68. The average Bonchev–Trinajstić information content (AvgIpc) is 3.22. The standard InChI is InChI=1S/C20H18N2O/c23-18-10-4-8-15-12-6-3-7-14(12)19(22-20(15)18)16-11-21-17-9-2-1-5-13(16)17/h1-6,8-12,14,19,21-23H,7H2. The Bertz CT molecular complexity index is 924. The summed E-state index contributed by atoms with van der Waals surface area (Å²) in [5.74, 6) is 1.20. The van der Waals surface area contributed by atoms with E-state index in [0.717, 1.165) is 17.6 Å². The van der Waals surface area contributed by atoms with Gasteiger partial charge in [0, 0.05) is 23.0 Å². The number of allylic oxidation sites excluding steroid dienone is 2. The maximum Gasteiger partial charge on any atom is 0.138 e. The van der Waals surface area contributed by atoms with Crippen LogP contribution in [0.4, 0.5) is 5.69 Å². The lowest BCUT2D eigenvalue weighted by Gasteiger charge is -2.37. The number of phenolic OH excluding ortho intramolecular Hbond substituents is 1. The van der Waals surface area contributed by atoms with Crippen LogP contribution in [0.1, 0.15) is 29.5 Å². The molecule has 23 heavy (non-hydrogen) atoms. The van der Waals surface area contributed by atoms with Crippen molar-refractivity contribution in [3.8, 4) is 5.75 Å². The summed E-state index contributed by atoms with van der Waals surface area (Å²) in [7, 11) is 0. The van der Waals surface area contributed by atoms with E-state index in [0.29, 0.717) is 17.6 Å². The molecule has 0 saturated carbocycles. The number of rotatable bonds is 1. The van der Waals surface area contributed by atoms with E-state index in [-0.39, 0.29) is 6.04 Å². The first-order chi connectivity index (χ1) is 11.3. The summed E-state index contributed by atoms with van der Waals surface area (Å²) in [5, 5.41) is 15.2. The van der Waals surface area contributed by atoms with Gasteiger partial charge in [0.15, 0.2) is 0 Å². The number of benzene rings is 2. The summed E-state index contributed by atoms with van der Waals surface area (Å²) in [6, 6.07) is 14.4. The molecule has 3 heteroatoms. The minimum absolute atomic E-state index is 0.201. The predicted octanol–water partition coefficient (Wildman–Crippen LogP) is 4.70. The molecule has 3 aromatic rings. The number of H-pyrrole nitrogens is 1. The van der Waals surface area contributed by atoms with Crippen LogP contribution in [0.2, 0.25) is 0 Å². The molecule has 0 saturated heterocycles. The van der Waals surface area contributed by atoms with Crippen LogP contribution in [-0.2, 0) is 0 Å². The Labute approximate surface area is 134 Å². The normalized spacial score (nSPS) is 25.1. The zero-order chi connectivity index (χ0) is 15.4. The molecule has 1 aliphatic heterocycles. The summed E-state index contributed by atoms with van der Waals surface area (Å²) in [6.07, 6.45) is 7.75. The second-order valence-corrected chi connectivity index (χ2v) is 6.51. The SMILES string of the molecule is Oc1cccc2c1NC(c1c[nH]c3ccccc13)C1CC=CC21. The van der Waals surface area contributed by atoms with Gasteiger partial charge in [-0.2, -0.15) is 0 Å². The van der Waals surface area contributed by atoms with Crippen molar-refractivity contribution in [2.24, 2.45) is 5.92 Å². The molecule has 5 rings (SSSR count). The molecule has 0 bridgehead atoms. The Morgan fingerprint density at radius 3 is 2.87 bits per heavy atom. The van der Waals surface area contributed by atoms with E-state index >= 15 is 0 Å². The van der Waals surface area contributed by atoms with Gasteiger partial charge in [0.25, 0.3) is 0 Å². The minimum Gasteiger partial charge on any atom is -0.506 e. The topological polar surface area (TPSA) is 48.0 Å². The van der Waals surface area contributed by atoms with E-state index < -0.39 is 0 Å². The maximum absolute atomic E-state index is 10.3. The first-order valence-corrected chi connectivity index (χ1v) is 8.14. The van der Waals surface area contributed by atoms with Crippen molar-refractivity contribution in [3.05, 3.63) is 71.9 Å². The van der Waals surface area contributed by atoms with Crippen LogP contribution < -0.4 is 5.32 Å². The lowest BCUT2D eigenvalue weighted by atomic mass is 9.77. The molecule has 0 fully saturated rings. The summed E-state index contributed by atoms with van der Waals surface area (Å²) >= 11 is 0. The highest BCUT2D eigenvalue weighted by atomic mass is 16.3. The Kier molecular flexibility index (Phi) is 2.60. The molecule has 0 spiro atoms. The van der Waals surface area contributed by atoms with Crippen LogP contribution in [0.25, 0.3) is 10.9 Å². The van der Waals surface area contributed by atoms with Crippen LogP contribution >= 0.6 is 0 Å². The number of fused-ring (bicyclic) bond motifs is 4. The number of anilines is 1. The molecule has 3 atom stereocenters. The van der Waals surface area contributed by atoms with Crippen molar-refractivity contribution in [2.45, 2.75) is 18.4 Å². The molecule has 2 heterocycles. The fraction of sp³-hybridized carbons (Fsp3) is 0.200. The van der Waals surface area contributed by atoms with Gasteiger partial charge in [-0.05, 0) is 35.6 Å². The molecule has 1 aromatic heterocycles. The Balaban J connectivity index is 1.69. The zero-order valence-electron chi connectivity index (χ0n) is 12.7. The van der Waals surface area contributed by atoms with E-state index in [1.54, 1.807) is 6.07 Å². The lowest BCUT2D eigenvalue weighted by Crippen LogP contribution is -2.28. The highest BCUT2D eigenvalue weighted by Crippen LogP contribution is 2.52. The number of hydrogen-bond acceptors (Lipinski definition) is 2. The molecule has 0 radical (unpaired) electrons. The van der Waals surface area contributed by atoms with E-state index in [9.17, 15) is 5.11 Å².